The Labute approximate surface area is 183 Å². The first-order valence-electron chi connectivity index (χ1n) is 12.3. The van der Waals surface area contributed by atoms with Gasteiger partial charge in [-0.25, -0.2) is 4.57 Å². The zero-order valence-electron chi connectivity index (χ0n) is 22.9. The molecule has 0 bridgehead atoms. The van der Waals surface area contributed by atoms with Gasteiger partial charge in [0.25, 0.3) is 0 Å². The van der Waals surface area contributed by atoms with E-state index in [1.807, 2.05) is 64.2 Å². The van der Waals surface area contributed by atoms with Crippen LogP contribution in [0.3, 0.4) is 0 Å². The molecule has 0 fully saturated rings. The number of aryl methyl sites for hydroxylation is 3. The van der Waals surface area contributed by atoms with Gasteiger partial charge in [0.1, 0.15) is 7.05 Å². The summed E-state index contributed by atoms with van der Waals surface area (Å²) in [6, 6.07) is 15.6. The normalized spacial score (nSPS) is 14.7. The fraction of sp³-hybridized carbons (Fsp3) is 0.393. The number of rotatable bonds is 4. The number of benzene rings is 2. The van der Waals surface area contributed by atoms with Crippen molar-refractivity contribution in [2.24, 2.45) is 12.5 Å². The second-order valence-corrected chi connectivity index (χ2v) is 9.52. The Balaban J connectivity index is 2.31. The van der Waals surface area contributed by atoms with Crippen LogP contribution in [0.5, 0.6) is 0 Å². The van der Waals surface area contributed by atoms with E-state index in [1.54, 1.807) is 6.07 Å². The van der Waals surface area contributed by atoms with Gasteiger partial charge >= 0.3 is 0 Å². The summed E-state index contributed by atoms with van der Waals surface area (Å²) in [5.41, 5.74) is 7.13. The molecule has 0 unspecified atom stereocenters. The molecule has 2 aromatic carbocycles. The molecule has 1 nitrogen and oxygen atoms in total. The standard InChI is InChI=1S/C28H36N/c1-19(2)24-16-27(29(8)18-23(24)17-28(5,6)7)26-15-25(20(3)14-21(26)4)22-12-10-9-11-13-22/h9-16,18-19H,17H2,1-8H3/q+1/i3D3,19D. The second kappa shape index (κ2) is 8.14. The van der Waals surface area contributed by atoms with Crippen LogP contribution in [0.4, 0.5) is 0 Å². The minimum atomic E-state index is -2.21. The van der Waals surface area contributed by atoms with Crippen molar-refractivity contribution in [1.82, 2.24) is 0 Å². The van der Waals surface area contributed by atoms with Gasteiger partial charge < -0.3 is 0 Å². The van der Waals surface area contributed by atoms with Gasteiger partial charge in [-0.1, -0.05) is 71.0 Å². The maximum absolute atomic E-state index is 8.81. The van der Waals surface area contributed by atoms with E-state index in [-0.39, 0.29) is 5.41 Å². The molecule has 1 heteroatoms. The molecule has 0 aliphatic carbocycles. The SMILES string of the molecule is [2H]C([2H])([2H])c1cc(C)c(-c2cc(C([2H])(C)C)c(CC(C)(C)C)c[n+]2C)cc1-c1ccccc1. The first kappa shape index (κ1) is 16.4. The van der Waals surface area contributed by atoms with E-state index in [4.69, 9.17) is 5.48 Å². The van der Waals surface area contributed by atoms with E-state index in [9.17, 15) is 0 Å². The molecule has 0 atom stereocenters. The Morgan fingerprint density at radius 2 is 1.69 bits per heavy atom. The maximum Gasteiger partial charge on any atom is 0.212 e. The predicted octanol–water partition coefficient (Wildman–Crippen LogP) is 7.17. The summed E-state index contributed by atoms with van der Waals surface area (Å²) in [6.45, 7) is 10.3. The Morgan fingerprint density at radius 1 is 1.00 bits per heavy atom. The number of nitrogens with zero attached hydrogens (tertiary/aromatic N) is 1. The summed E-state index contributed by atoms with van der Waals surface area (Å²) in [4.78, 5) is 0. The summed E-state index contributed by atoms with van der Waals surface area (Å²) in [5, 5.41) is 0. The van der Waals surface area contributed by atoms with Crippen molar-refractivity contribution in [3.63, 3.8) is 0 Å². The molecule has 0 spiro atoms. The van der Waals surface area contributed by atoms with Crippen LogP contribution < -0.4 is 4.57 Å². The molecule has 152 valence electrons. The van der Waals surface area contributed by atoms with E-state index < -0.39 is 12.7 Å². The van der Waals surface area contributed by atoms with E-state index >= 15 is 0 Å². The highest BCUT2D eigenvalue weighted by atomic mass is 14.9. The molecule has 29 heavy (non-hydrogen) atoms. The lowest BCUT2D eigenvalue weighted by atomic mass is 9.84. The van der Waals surface area contributed by atoms with E-state index in [1.165, 1.54) is 5.56 Å². The molecule has 0 saturated carbocycles. The van der Waals surface area contributed by atoms with Crippen LogP contribution in [-0.2, 0) is 13.5 Å². The lowest BCUT2D eigenvalue weighted by Crippen LogP contribution is -2.33. The Morgan fingerprint density at radius 3 is 2.28 bits per heavy atom. The first-order valence-corrected chi connectivity index (χ1v) is 10.3. The average molecular weight is 391 g/mol. The van der Waals surface area contributed by atoms with Gasteiger partial charge in [-0.05, 0) is 65.4 Å². The third kappa shape index (κ3) is 4.78. The predicted molar refractivity (Wildman–Crippen MR) is 125 cm³/mol. The van der Waals surface area contributed by atoms with Crippen molar-refractivity contribution in [2.45, 2.75) is 60.7 Å². The van der Waals surface area contributed by atoms with Gasteiger partial charge in [0.2, 0.25) is 5.69 Å². The van der Waals surface area contributed by atoms with Gasteiger partial charge in [0.15, 0.2) is 6.20 Å². The molecule has 0 aliphatic heterocycles. The van der Waals surface area contributed by atoms with Crippen LogP contribution in [0, 0.1) is 19.2 Å². The Bertz CT molecular complexity index is 1150. The number of pyridine rings is 1. The molecule has 3 aromatic rings. The van der Waals surface area contributed by atoms with Crippen LogP contribution in [-0.4, -0.2) is 0 Å². The van der Waals surface area contributed by atoms with Gasteiger partial charge in [0.05, 0.1) is 0 Å². The van der Waals surface area contributed by atoms with Gasteiger partial charge in [-0.3, -0.25) is 0 Å². The molecule has 0 amide bonds. The average Bonchev–Trinajstić information content (AvgIpc) is 2.66. The number of hydrogen-bond donors (Lipinski definition) is 0. The van der Waals surface area contributed by atoms with Crippen molar-refractivity contribution in [3.8, 4) is 22.4 Å². The zero-order valence-corrected chi connectivity index (χ0v) is 18.9. The molecule has 0 N–H and O–H groups in total. The van der Waals surface area contributed by atoms with Gasteiger partial charge in [-0.2, -0.15) is 0 Å². The number of hydrogen-bond acceptors (Lipinski definition) is 0. The van der Waals surface area contributed by atoms with Crippen molar-refractivity contribution in [3.05, 3.63) is 77.0 Å². The summed E-state index contributed by atoms with van der Waals surface area (Å²) in [6.07, 6.45) is 3.02. The Kier molecular flexibility index (Phi) is 4.60. The van der Waals surface area contributed by atoms with Crippen LogP contribution in [0.1, 0.15) is 68.2 Å². The molecule has 0 saturated heterocycles. The molecule has 3 rings (SSSR count). The minimum Gasteiger partial charge on any atom is -0.201 e. The van der Waals surface area contributed by atoms with Crippen LogP contribution in [0.2, 0.25) is 0 Å². The summed E-state index contributed by atoms with van der Waals surface area (Å²) in [7, 11) is 2.03. The minimum absolute atomic E-state index is 0.103. The summed E-state index contributed by atoms with van der Waals surface area (Å²) in [5.74, 6) is -0.752. The van der Waals surface area contributed by atoms with Gasteiger partial charge in [-0.15, -0.1) is 0 Å². The maximum atomic E-state index is 8.81. The fourth-order valence-electron chi connectivity index (χ4n) is 3.99. The van der Waals surface area contributed by atoms with E-state index in [2.05, 4.69) is 37.6 Å². The smallest absolute Gasteiger partial charge is 0.201 e. The molecule has 1 heterocycles. The van der Waals surface area contributed by atoms with Crippen LogP contribution in [0.15, 0.2) is 54.7 Å². The van der Waals surface area contributed by atoms with Crippen LogP contribution in [0.25, 0.3) is 22.4 Å². The third-order valence-electron chi connectivity index (χ3n) is 5.34. The monoisotopic (exact) mass is 390 g/mol. The van der Waals surface area contributed by atoms with Gasteiger partial charge in [0, 0.05) is 22.7 Å². The summed E-state index contributed by atoms with van der Waals surface area (Å²) >= 11 is 0. The van der Waals surface area contributed by atoms with Crippen molar-refractivity contribution in [1.29, 1.82) is 0 Å². The molecular formula is C28H36N+. The first-order chi connectivity index (χ1) is 15.1. The molecule has 0 radical (unpaired) electrons. The lowest BCUT2D eigenvalue weighted by molar-refractivity contribution is -0.661. The largest absolute Gasteiger partial charge is 0.212 e. The van der Waals surface area contributed by atoms with Crippen molar-refractivity contribution in [2.75, 3.05) is 0 Å². The molecule has 1 aromatic heterocycles. The van der Waals surface area contributed by atoms with Crippen LogP contribution >= 0.6 is 0 Å². The zero-order chi connectivity index (χ0) is 24.8. The molecular weight excluding hydrogens is 350 g/mol. The summed E-state index contributed by atoms with van der Waals surface area (Å²) < 4.78 is 35.3. The van der Waals surface area contributed by atoms with E-state index in [0.717, 1.165) is 39.9 Å². The molecule has 0 aliphatic rings. The van der Waals surface area contributed by atoms with Crippen molar-refractivity contribution >= 4 is 0 Å². The highest BCUT2D eigenvalue weighted by Crippen LogP contribution is 2.33. The topological polar surface area (TPSA) is 3.88 Å². The quantitative estimate of drug-likeness (QED) is 0.416. The lowest BCUT2D eigenvalue weighted by Gasteiger charge is -2.21. The second-order valence-electron chi connectivity index (χ2n) is 9.52. The Hall–Kier alpha value is -2.41. The van der Waals surface area contributed by atoms with E-state index in [0.29, 0.717) is 5.56 Å². The fourth-order valence-corrected chi connectivity index (χ4v) is 3.99. The highest BCUT2D eigenvalue weighted by Gasteiger charge is 2.23. The highest BCUT2D eigenvalue weighted by molar-refractivity contribution is 5.75. The third-order valence-corrected chi connectivity index (χ3v) is 5.34. The number of aromatic nitrogens is 1. The van der Waals surface area contributed by atoms with Crippen molar-refractivity contribution < 1.29 is 10.1 Å².